The molecule has 0 aliphatic carbocycles. The van der Waals surface area contributed by atoms with Crippen LogP contribution in [0.15, 0.2) is 12.1 Å². The highest BCUT2D eigenvalue weighted by molar-refractivity contribution is 6.17. The fourth-order valence-electron chi connectivity index (χ4n) is 1.97. The van der Waals surface area contributed by atoms with Crippen molar-refractivity contribution in [3.63, 3.8) is 0 Å². The number of rotatable bonds is 10. The summed E-state index contributed by atoms with van der Waals surface area (Å²) >= 11 is 5.62. The molecule has 0 unspecified atom stereocenters. The molecule has 1 aromatic carbocycles. The Morgan fingerprint density at radius 2 is 1.48 bits per heavy atom. The molecule has 0 saturated carbocycles. The van der Waals surface area contributed by atoms with E-state index < -0.39 is 11.6 Å². The normalized spacial score (nSPS) is 10.9. The SMILES string of the molecule is CCOCCN(CCOCC)c1c(F)cc(CCl)cc1F. The quantitative estimate of drug-likeness (QED) is 0.485. The first-order valence-electron chi connectivity index (χ1n) is 7.08. The minimum absolute atomic E-state index is 0.0525. The molecule has 0 aromatic heterocycles. The first-order chi connectivity index (χ1) is 10.1. The van der Waals surface area contributed by atoms with Crippen molar-refractivity contribution >= 4 is 17.3 Å². The first kappa shape index (κ1) is 18.1. The van der Waals surface area contributed by atoms with Gasteiger partial charge < -0.3 is 14.4 Å². The summed E-state index contributed by atoms with van der Waals surface area (Å²) in [4.78, 5) is 1.61. The van der Waals surface area contributed by atoms with Crippen LogP contribution in [0.4, 0.5) is 14.5 Å². The third kappa shape index (κ3) is 5.77. The van der Waals surface area contributed by atoms with E-state index >= 15 is 0 Å². The Labute approximate surface area is 129 Å². The van der Waals surface area contributed by atoms with Gasteiger partial charge in [0.15, 0.2) is 0 Å². The van der Waals surface area contributed by atoms with E-state index in [-0.39, 0.29) is 11.6 Å². The molecule has 3 nitrogen and oxygen atoms in total. The molecule has 0 radical (unpaired) electrons. The Morgan fingerprint density at radius 1 is 1.00 bits per heavy atom. The third-order valence-electron chi connectivity index (χ3n) is 2.97. The number of alkyl halides is 1. The van der Waals surface area contributed by atoms with Crippen LogP contribution >= 0.6 is 11.6 Å². The van der Waals surface area contributed by atoms with Gasteiger partial charge in [-0.25, -0.2) is 8.78 Å². The van der Waals surface area contributed by atoms with Crippen LogP contribution in [0.2, 0.25) is 0 Å². The molecule has 0 atom stereocenters. The van der Waals surface area contributed by atoms with Crippen LogP contribution in [0.1, 0.15) is 19.4 Å². The number of nitrogens with zero attached hydrogens (tertiary/aromatic N) is 1. The van der Waals surface area contributed by atoms with E-state index in [1.54, 1.807) is 4.90 Å². The molecule has 0 amide bonds. The third-order valence-corrected chi connectivity index (χ3v) is 3.28. The zero-order valence-electron chi connectivity index (χ0n) is 12.5. The van der Waals surface area contributed by atoms with Gasteiger partial charge in [0, 0.05) is 32.2 Å². The van der Waals surface area contributed by atoms with Crippen molar-refractivity contribution in [2.45, 2.75) is 19.7 Å². The molecular formula is C15H22ClF2NO2. The van der Waals surface area contributed by atoms with Gasteiger partial charge in [-0.1, -0.05) is 0 Å². The van der Waals surface area contributed by atoms with E-state index in [2.05, 4.69) is 0 Å². The van der Waals surface area contributed by atoms with Gasteiger partial charge in [0.25, 0.3) is 0 Å². The number of hydrogen-bond acceptors (Lipinski definition) is 3. The van der Waals surface area contributed by atoms with Gasteiger partial charge in [-0.2, -0.15) is 0 Å². The lowest BCUT2D eigenvalue weighted by Crippen LogP contribution is -2.32. The van der Waals surface area contributed by atoms with E-state index in [1.807, 2.05) is 13.8 Å². The molecule has 21 heavy (non-hydrogen) atoms. The molecule has 0 heterocycles. The molecule has 1 rings (SSSR count). The van der Waals surface area contributed by atoms with Crippen molar-refractivity contribution in [2.75, 3.05) is 44.4 Å². The smallest absolute Gasteiger partial charge is 0.149 e. The Bertz CT molecular complexity index is 399. The Hall–Kier alpha value is -0.910. The number of halogens is 3. The summed E-state index contributed by atoms with van der Waals surface area (Å²) in [5, 5.41) is 0. The molecule has 0 saturated heterocycles. The summed E-state index contributed by atoms with van der Waals surface area (Å²) in [5.74, 6) is -1.15. The van der Waals surface area contributed by atoms with Gasteiger partial charge in [-0.05, 0) is 31.5 Å². The van der Waals surface area contributed by atoms with Gasteiger partial charge in [-0.3, -0.25) is 0 Å². The maximum absolute atomic E-state index is 14.1. The van der Waals surface area contributed by atoms with Crippen LogP contribution in [-0.4, -0.2) is 39.5 Å². The van der Waals surface area contributed by atoms with Crippen LogP contribution in [0.5, 0.6) is 0 Å². The number of anilines is 1. The van der Waals surface area contributed by atoms with Crippen molar-refractivity contribution in [3.8, 4) is 0 Å². The maximum atomic E-state index is 14.1. The van der Waals surface area contributed by atoms with Gasteiger partial charge in [0.1, 0.15) is 17.3 Å². The second-order valence-corrected chi connectivity index (χ2v) is 4.69. The molecule has 0 aliphatic rings. The summed E-state index contributed by atoms with van der Waals surface area (Å²) in [6, 6.07) is 2.53. The fraction of sp³-hybridized carbons (Fsp3) is 0.600. The maximum Gasteiger partial charge on any atom is 0.149 e. The predicted molar refractivity (Wildman–Crippen MR) is 81.1 cm³/mol. The standard InChI is InChI=1S/C15H22ClF2NO2/c1-3-20-7-5-19(6-8-21-4-2)15-13(17)9-12(11-16)10-14(15)18/h9-10H,3-8,11H2,1-2H3. The van der Waals surface area contributed by atoms with Crippen LogP contribution in [-0.2, 0) is 15.4 Å². The minimum atomic E-state index is -0.612. The van der Waals surface area contributed by atoms with Crippen molar-refractivity contribution in [3.05, 3.63) is 29.3 Å². The predicted octanol–water partition coefficient (Wildman–Crippen LogP) is 3.58. The van der Waals surface area contributed by atoms with E-state index in [0.29, 0.717) is 45.1 Å². The summed E-state index contributed by atoms with van der Waals surface area (Å²) < 4.78 is 38.8. The van der Waals surface area contributed by atoms with Crippen molar-refractivity contribution in [1.29, 1.82) is 0 Å². The molecule has 0 aliphatic heterocycles. The number of hydrogen-bond donors (Lipinski definition) is 0. The van der Waals surface area contributed by atoms with Gasteiger partial charge in [-0.15, -0.1) is 11.6 Å². The molecule has 0 spiro atoms. The van der Waals surface area contributed by atoms with Crippen LogP contribution in [0.3, 0.4) is 0 Å². The molecule has 6 heteroatoms. The number of ether oxygens (including phenoxy) is 2. The van der Waals surface area contributed by atoms with Crippen molar-refractivity contribution in [1.82, 2.24) is 0 Å². The van der Waals surface area contributed by atoms with E-state index in [0.717, 1.165) is 0 Å². The van der Waals surface area contributed by atoms with E-state index in [1.165, 1.54) is 12.1 Å². The second-order valence-electron chi connectivity index (χ2n) is 4.42. The molecular weight excluding hydrogens is 300 g/mol. The topological polar surface area (TPSA) is 21.7 Å². The van der Waals surface area contributed by atoms with Gasteiger partial charge in [0.05, 0.1) is 13.2 Å². The minimum Gasteiger partial charge on any atom is -0.380 e. The fourth-order valence-corrected chi connectivity index (χ4v) is 2.13. The summed E-state index contributed by atoms with van der Waals surface area (Å²) in [7, 11) is 0. The Morgan fingerprint density at radius 3 is 1.86 bits per heavy atom. The zero-order valence-corrected chi connectivity index (χ0v) is 13.3. The van der Waals surface area contributed by atoms with Crippen LogP contribution in [0, 0.1) is 11.6 Å². The highest BCUT2D eigenvalue weighted by atomic mass is 35.5. The first-order valence-corrected chi connectivity index (χ1v) is 7.61. The summed E-state index contributed by atoms with van der Waals surface area (Å²) in [6.07, 6.45) is 0. The van der Waals surface area contributed by atoms with Gasteiger partial charge >= 0.3 is 0 Å². The molecule has 0 fully saturated rings. The largest absolute Gasteiger partial charge is 0.380 e. The monoisotopic (exact) mass is 321 g/mol. The highest BCUT2D eigenvalue weighted by Crippen LogP contribution is 2.25. The summed E-state index contributed by atoms with van der Waals surface area (Å²) in [5.41, 5.74) is 0.369. The molecule has 1 aromatic rings. The summed E-state index contributed by atoms with van der Waals surface area (Å²) in [6.45, 7) is 6.48. The highest BCUT2D eigenvalue weighted by Gasteiger charge is 2.18. The lowest BCUT2D eigenvalue weighted by atomic mass is 10.2. The van der Waals surface area contributed by atoms with Crippen molar-refractivity contribution < 1.29 is 18.3 Å². The average Bonchev–Trinajstić information content (AvgIpc) is 2.46. The van der Waals surface area contributed by atoms with Crippen molar-refractivity contribution in [2.24, 2.45) is 0 Å². The van der Waals surface area contributed by atoms with Crippen LogP contribution in [0.25, 0.3) is 0 Å². The lowest BCUT2D eigenvalue weighted by Gasteiger charge is -2.25. The molecule has 0 bridgehead atoms. The van der Waals surface area contributed by atoms with Crippen LogP contribution < -0.4 is 4.90 Å². The second kappa shape index (κ2) is 9.92. The van der Waals surface area contributed by atoms with E-state index in [9.17, 15) is 8.78 Å². The zero-order chi connectivity index (χ0) is 15.7. The molecule has 120 valence electrons. The Balaban J connectivity index is 2.89. The number of benzene rings is 1. The Kier molecular flexibility index (Phi) is 8.57. The average molecular weight is 322 g/mol. The van der Waals surface area contributed by atoms with Gasteiger partial charge in [0.2, 0.25) is 0 Å². The van der Waals surface area contributed by atoms with E-state index in [4.69, 9.17) is 21.1 Å². The lowest BCUT2D eigenvalue weighted by molar-refractivity contribution is 0.141. The molecule has 0 N–H and O–H groups in total.